The van der Waals surface area contributed by atoms with Crippen LogP contribution in [0.15, 0.2) is 48.5 Å². The summed E-state index contributed by atoms with van der Waals surface area (Å²) in [5, 5.41) is 0.797. The van der Waals surface area contributed by atoms with Crippen molar-refractivity contribution in [3.05, 3.63) is 70.2 Å². The Morgan fingerprint density at radius 1 is 1.00 bits per heavy atom. The molecule has 0 N–H and O–H groups in total. The van der Waals surface area contributed by atoms with Crippen LogP contribution in [0.4, 0.5) is 0 Å². The van der Waals surface area contributed by atoms with E-state index >= 15 is 0 Å². The van der Waals surface area contributed by atoms with Gasteiger partial charge in [0, 0.05) is 11.6 Å². The molecule has 0 radical (unpaired) electrons. The highest BCUT2D eigenvalue weighted by molar-refractivity contribution is 6.30. The Hall–Kier alpha value is -1.31. The van der Waals surface area contributed by atoms with Gasteiger partial charge in [0.15, 0.2) is 0 Å². The van der Waals surface area contributed by atoms with Crippen molar-refractivity contribution < 1.29 is 0 Å². The van der Waals surface area contributed by atoms with Crippen LogP contribution in [-0.4, -0.2) is 18.5 Å². The molecule has 1 unspecified atom stereocenters. The van der Waals surface area contributed by atoms with E-state index in [0.29, 0.717) is 6.04 Å². The van der Waals surface area contributed by atoms with Gasteiger partial charge in [0.2, 0.25) is 0 Å². The van der Waals surface area contributed by atoms with Crippen LogP contribution in [0.25, 0.3) is 0 Å². The Morgan fingerprint density at radius 3 is 2.35 bits per heavy atom. The molecule has 3 rings (SSSR count). The summed E-state index contributed by atoms with van der Waals surface area (Å²) < 4.78 is 0. The van der Waals surface area contributed by atoms with Crippen molar-refractivity contribution >= 4 is 11.6 Å². The van der Waals surface area contributed by atoms with Crippen molar-refractivity contribution in [2.45, 2.75) is 26.3 Å². The molecular formula is C18H22ClN. The van der Waals surface area contributed by atoms with Crippen LogP contribution in [-0.2, 0) is 6.42 Å². The minimum atomic E-state index is 0.354. The van der Waals surface area contributed by atoms with Crippen LogP contribution < -0.4 is 0 Å². The molecule has 0 saturated carbocycles. The minimum Gasteiger partial charge on any atom is -0.295 e. The van der Waals surface area contributed by atoms with E-state index in [4.69, 9.17) is 11.6 Å². The van der Waals surface area contributed by atoms with E-state index in [1.165, 1.54) is 16.7 Å². The Morgan fingerprint density at radius 2 is 1.65 bits per heavy atom. The van der Waals surface area contributed by atoms with Gasteiger partial charge in [-0.3, -0.25) is 4.90 Å². The minimum absolute atomic E-state index is 0.354. The van der Waals surface area contributed by atoms with E-state index < -0.39 is 0 Å². The number of likely N-dealkylation sites (N-methyl/N-ethyl adjacent to an activating group) is 1. The largest absolute Gasteiger partial charge is 0.295 e. The third kappa shape index (κ3) is 3.05. The number of nitrogens with zero attached hydrogens (tertiary/aromatic N) is 1. The second-order valence-electron chi connectivity index (χ2n) is 4.88. The summed E-state index contributed by atoms with van der Waals surface area (Å²) >= 11 is 5.97. The average molecular weight is 288 g/mol. The van der Waals surface area contributed by atoms with Gasteiger partial charge in [-0.05, 0) is 42.3 Å². The zero-order valence-corrected chi connectivity index (χ0v) is 13.2. The maximum absolute atomic E-state index is 5.97. The quantitative estimate of drug-likeness (QED) is 0.718. The van der Waals surface area contributed by atoms with E-state index in [1.807, 2.05) is 26.0 Å². The molecule has 2 aromatic rings. The summed E-state index contributed by atoms with van der Waals surface area (Å²) in [4.78, 5) is 2.41. The van der Waals surface area contributed by atoms with Gasteiger partial charge in [-0.1, -0.05) is 61.8 Å². The molecule has 2 heteroatoms. The lowest BCUT2D eigenvalue weighted by atomic mass is 9.89. The predicted molar refractivity (Wildman–Crippen MR) is 87.4 cm³/mol. The maximum Gasteiger partial charge on any atom is 0.0602 e. The highest BCUT2D eigenvalue weighted by atomic mass is 35.5. The van der Waals surface area contributed by atoms with E-state index in [1.54, 1.807) is 0 Å². The normalized spacial score (nSPS) is 17.9. The fourth-order valence-electron chi connectivity index (χ4n) is 2.77. The first kappa shape index (κ1) is 15.1. The van der Waals surface area contributed by atoms with Crippen molar-refractivity contribution in [3.8, 4) is 0 Å². The molecule has 1 aliphatic heterocycles. The molecule has 20 heavy (non-hydrogen) atoms. The Bertz CT molecular complexity index is 548. The number of benzene rings is 2. The first-order valence-corrected chi connectivity index (χ1v) is 7.67. The van der Waals surface area contributed by atoms with E-state index in [2.05, 4.69) is 48.3 Å². The van der Waals surface area contributed by atoms with Gasteiger partial charge in [0.05, 0.1) is 6.04 Å². The van der Waals surface area contributed by atoms with Crippen LogP contribution >= 0.6 is 11.6 Å². The highest BCUT2D eigenvalue weighted by Crippen LogP contribution is 2.34. The zero-order valence-electron chi connectivity index (χ0n) is 12.4. The molecule has 0 saturated heterocycles. The summed E-state index contributed by atoms with van der Waals surface area (Å²) in [5.41, 5.74) is 4.21. The molecule has 0 aliphatic carbocycles. The molecule has 1 atom stereocenters. The predicted octanol–water partition coefficient (Wildman–Crippen LogP) is 4.94. The highest BCUT2D eigenvalue weighted by Gasteiger charge is 2.25. The summed E-state index contributed by atoms with van der Waals surface area (Å²) in [6, 6.07) is 17.3. The molecular weight excluding hydrogens is 266 g/mol. The number of rotatable bonds is 1. The fourth-order valence-corrected chi connectivity index (χ4v) is 2.90. The average Bonchev–Trinajstić information content (AvgIpc) is 2.50. The van der Waals surface area contributed by atoms with Crippen molar-refractivity contribution in [2.75, 3.05) is 13.6 Å². The van der Waals surface area contributed by atoms with Gasteiger partial charge in [-0.25, -0.2) is 0 Å². The topological polar surface area (TPSA) is 3.24 Å². The van der Waals surface area contributed by atoms with Crippen molar-refractivity contribution in [2.24, 2.45) is 0 Å². The standard InChI is InChI=1S/C16H16ClN.C2H6/c1-18-11-10-12-4-2-3-5-15(12)16(18)13-6-8-14(17)9-7-13;1-2/h2-9,16H,10-11H2,1H3;1-2H3. The first-order valence-electron chi connectivity index (χ1n) is 7.29. The molecule has 0 spiro atoms. The third-order valence-electron chi connectivity index (χ3n) is 3.71. The van der Waals surface area contributed by atoms with Crippen LogP contribution in [0, 0.1) is 0 Å². The van der Waals surface area contributed by atoms with E-state index in [-0.39, 0.29) is 0 Å². The molecule has 1 heterocycles. The molecule has 1 aliphatic rings. The van der Waals surface area contributed by atoms with Crippen LogP contribution in [0.2, 0.25) is 5.02 Å². The van der Waals surface area contributed by atoms with Gasteiger partial charge < -0.3 is 0 Å². The smallest absolute Gasteiger partial charge is 0.0602 e. The summed E-state index contributed by atoms with van der Waals surface area (Å²) in [5.74, 6) is 0. The summed E-state index contributed by atoms with van der Waals surface area (Å²) in [7, 11) is 2.19. The monoisotopic (exact) mass is 287 g/mol. The van der Waals surface area contributed by atoms with E-state index in [9.17, 15) is 0 Å². The maximum atomic E-state index is 5.97. The van der Waals surface area contributed by atoms with Crippen LogP contribution in [0.5, 0.6) is 0 Å². The first-order chi connectivity index (χ1) is 9.75. The lowest BCUT2D eigenvalue weighted by molar-refractivity contribution is 0.265. The molecule has 2 aromatic carbocycles. The Labute approximate surface area is 127 Å². The van der Waals surface area contributed by atoms with Gasteiger partial charge in [-0.2, -0.15) is 0 Å². The van der Waals surface area contributed by atoms with Gasteiger partial charge in [0.1, 0.15) is 0 Å². The SMILES string of the molecule is CC.CN1CCc2ccccc2C1c1ccc(Cl)cc1. The van der Waals surface area contributed by atoms with Gasteiger partial charge in [0.25, 0.3) is 0 Å². The van der Waals surface area contributed by atoms with Crippen LogP contribution in [0.3, 0.4) is 0 Å². The summed E-state index contributed by atoms with van der Waals surface area (Å²) in [6.07, 6.45) is 1.14. The molecule has 0 bridgehead atoms. The fraction of sp³-hybridized carbons (Fsp3) is 0.333. The number of fused-ring (bicyclic) bond motifs is 1. The second-order valence-corrected chi connectivity index (χ2v) is 5.32. The lowest BCUT2D eigenvalue weighted by Crippen LogP contribution is -2.32. The number of hydrogen-bond donors (Lipinski definition) is 0. The van der Waals surface area contributed by atoms with E-state index in [0.717, 1.165) is 18.0 Å². The van der Waals surface area contributed by atoms with Gasteiger partial charge in [-0.15, -0.1) is 0 Å². The van der Waals surface area contributed by atoms with Gasteiger partial charge >= 0.3 is 0 Å². The van der Waals surface area contributed by atoms with Crippen molar-refractivity contribution in [1.82, 2.24) is 4.90 Å². The zero-order chi connectivity index (χ0) is 14.5. The Kier molecular flexibility index (Phi) is 5.22. The number of halogens is 1. The molecule has 0 aromatic heterocycles. The Balaban J connectivity index is 0.000000704. The van der Waals surface area contributed by atoms with Crippen molar-refractivity contribution in [3.63, 3.8) is 0 Å². The molecule has 0 fully saturated rings. The summed E-state index contributed by atoms with van der Waals surface area (Å²) in [6.45, 7) is 5.10. The number of hydrogen-bond acceptors (Lipinski definition) is 1. The van der Waals surface area contributed by atoms with Crippen molar-refractivity contribution in [1.29, 1.82) is 0 Å². The van der Waals surface area contributed by atoms with Crippen LogP contribution in [0.1, 0.15) is 36.6 Å². The second kappa shape index (κ2) is 6.92. The third-order valence-corrected chi connectivity index (χ3v) is 3.96. The molecule has 0 amide bonds. The molecule has 1 nitrogen and oxygen atoms in total. The molecule has 106 valence electrons. The lowest BCUT2D eigenvalue weighted by Gasteiger charge is -2.35.